The Bertz CT molecular complexity index is 400. The maximum Gasteiger partial charge on any atom is 0.220 e. The normalized spacial score (nSPS) is 18.9. The van der Waals surface area contributed by atoms with E-state index in [1.165, 1.54) is 0 Å². The minimum atomic E-state index is 0.0879. The van der Waals surface area contributed by atoms with Gasteiger partial charge in [0, 0.05) is 39.1 Å². The number of amides is 1. The zero-order chi connectivity index (χ0) is 13.0. The molecule has 0 radical (unpaired) electrons. The van der Waals surface area contributed by atoms with Crippen molar-refractivity contribution in [3.05, 3.63) is 11.1 Å². The molecule has 0 aliphatic carbocycles. The van der Waals surface area contributed by atoms with E-state index in [9.17, 15) is 4.79 Å². The quantitative estimate of drug-likeness (QED) is 0.874. The van der Waals surface area contributed by atoms with Crippen LogP contribution in [0.15, 0.2) is 5.38 Å². The summed E-state index contributed by atoms with van der Waals surface area (Å²) in [5, 5.41) is 5.85. The molecule has 0 saturated carbocycles. The van der Waals surface area contributed by atoms with E-state index >= 15 is 0 Å². The number of nitrogens with one attached hydrogen (secondary N) is 1. The van der Waals surface area contributed by atoms with Crippen molar-refractivity contribution in [2.75, 3.05) is 32.2 Å². The van der Waals surface area contributed by atoms with Gasteiger partial charge in [-0.2, -0.15) is 0 Å². The van der Waals surface area contributed by atoms with Crippen LogP contribution in [0, 0.1) is 5.92 Å². The molecule has 18 heavy (non-hydrogen) atoms. The van der Waals surface area contributed by atoms with Crippen LogP contribution in [0.5, 0.6) is 0 Å². The number of ether oxygens (including phenoxy) is 1. The Morgan fingerprint density at radius 2 is 2.50 bits per heavy atom. The lowest BCUT2D eigenvalue weighted by Crippen LogP contribution is -2.25. The highest BCUT2D eigenvalue weighted by molar-refractivity contribution is 7.13. The summed E-state index contributed by atoms with van der Waals surface area (Å²) in [7, 11) is 3.92. The van der Waals surface area contributed by atoms with Crippen molar-refractivity contribution in [1.29, 1.82) is 0 Å². The largest absolute Gasteiger partial charge is 0.381 e. The second-order valence-electron chi connectivity index (χ2n) is 4.73. The van der Waals surface area contributed by atoms with Crippen molar-refractivity contribution in [3.8, 4) is 0 Å². The molecular formula is C12H19N3O2S. The number of anilines is 1. The minimum absolute atomic E-state index is 0.0879. The van der Waals surface area contributed by atoms with E-state index in [4.69, 9.17) is 4.74 Å². The Balaban J connectivity index is 1.74. The van der Waals surface area contributed by atoms with E-state index in [0.29, 0.717) is 18.9 Å². The Hall–Kier alpha value is -1.14. The summed E-state index contributed by atoms with van der Waals surface area (Å²) >= 11 is 1.59. The van der Waals surface area contributed by atoms with Crippen molar-refractivity contribution < 1.29 is 9.53 Å². The lowest BCUT2D eigenvalue weighted by Gasteiger charge is -2.08. The summed E-state index contributed by atoms with van der Waals surface area (Å²) in [5.74, 6) is 0.475. The van der Waals surface area contributed by atoms with Crippen molar-refractivity contribution in [2.45, 2.75) is 19.4 Å². The first-order chi connectivity index (χ1) is 8.65. The molecule has 1 atom stereocenters. The predicted molar refractivity (Wildman–Crippen MR) is 71.8 cm³/mol. The number of hydrogen-bond donors (Lipinski definition) is 1. The van der Waals surface area contributed by atoms with Crippen LogP contribution in [-0.4, -0.2) is 38.2 Å². The molecule has 0 bridgehead atoms. The molecule has 1 saturated heterocycles. The van der Waals surface area contributed by atoms with Gasteiger partial charge in [0.15, 0.2) is 5.13 Å². The van der Waals surface area contributed by atoms with E-state index in [1.54, 1.807) is 11.3 Å². The SMILES string of the molecule is CN(C)c1nc(CNC(=O)CC2CCOC2)cs1. The first kappa shape index (κ1) is 13.3. The van der Waals surface area contributed by atoms with Gasteiger partial charge >= 0.3 is 0 Å². The van der Waals surface area contributed by atoms with Crippen molar-refractivity contribution in [3.63, 3.8) is 0 Å². The Morgan fingerprint density at radius 1 is 1.67 bits per heavy atom. The van der Waals surface area contributed by atoms with E-state index in [0.717, 1.165) is 30.5 Å². The number of carbonyl (C=O) groups is 1. The van der Waals surface area contributed by atoms with Gasteiger partial charge in [0.1, 0.15) is 0 Å². The van der Waals surface area contributed by atoms with Gasteiger partial charge in [-0.15, -0.1) is 11.3 Å². The van der Waals surface area contributed by atoms with Crippen LogP contribution in [0.1, 0.15) is 18.5 Å². The zero-order valence-electron chi connectivity index (χ0n) is 10.8. The van der Waals surface area contributed by atoms with Crippen molar-refractivity contribution in [2.24, 2.45) is 5.92 Å². The highest BCUT2D eigenvalue weighted by Gasteiger charge is 2.18. The van der Waals surface area contributed by atoms with Crippen LogP contribution in [-0.2, 0) is 16.1 Å². The lowest BCUT2D eigenvalue weighted by molar-refractivity contribution is -0.122. The van der Waals surface area contributed by atoms with Crippen LogP contribution in [0.3, 0.4) is 0 Å². The van der Waals surface area contributed by atoms with Gasteiger partial charge in [-0.1, -0.05) is 0 Å². The lowest BCUT2D eigenvalue weighted by atomic mass is 10.1. The molecule has 5 nitrogen and oxygen atoms in total. The van der Waals surface area contributed by atoms with Gasteiger partial charge in [0.2, 0.25) is 5.91 Å². The van der Waals surface area contributed by atoms with E-state index in [1.807, 2.05) is 24.4 Å². The summed E-state index contributed by atoms with van der Waals surface area (Å²) < 4.78 is 5.25. The van der Waals surface area contributed by atoms with Crippen LogP contribution in [0.4, 0.5) is 5.13 Å². The van der Waals surface area contributed by atoms with E-state index in [-0.39, 0.29) is 5.91 Å². The first-order valence-electron chi connectivity index (χ1n) is 6.11. The third kappa shape index (κ3) is 3.68. The second-order valence-corrected chi connectivity index (χ2v) is 5.56. The van der Waals surface area contributed by atoms with Crippen LogP contribution >= 0.6 is 11.3 Å². The molecule has 0 spiro atoms. The molecule has 100 valence electrons. The fourth-order valence-corrected chi connectivity index (χ4v) is 2.61. The van der Waals surface area contributed by atoms with Crippen LogP contribution in [0.25, 0.3) is 0 Å². The summed E-state index contributed by atoms with van der Waals surface area (Å²) in [4.78, 5) is 18.1. The number of hydrogen-bond acceptors (Lipinski definition) is 5. The first-order valence-corrected chi connectivity index (χ1v) is 6.99. The van der Waals surface area contributed by atoms with Gasteiger partial charge in [0.25, 0.3) is 0 Å². The summed E-state index contributed by atoms with van der Waals surface area (Å²) in [6.07, 6.45) is 1.56. The van der Waals surface area contributed by atoms with Crippen molar-refractivity contribution >= 4 is 22.4 Å². The molecule has 2 heterocycles. The summed E-state index contributed by atoms with van der Waals surface area (Å²) in [5.41, 5.74) is 0.916. The average Bonchev–Trinajstić information content (AvgIpc) is 2.96. The fourth-order valence-electron chi connectivity index (χ4n) is 1.85. The molecule has 1 aromatic rings. The number of thiazole rings is 1. The van der Waals surface area contributed by atoms with Gasteiger partial charge in [-0.05, 0) is 12.3 Å². The molecule has 1 aliphatic rings. The molecule has 1 amide bonds. The molecule has 2 rings (SSSR count). The Labute approximate surface area is 111 Å². The third-order valence-electron chi connectivity index (χ3n) is 2.89. The molecule has 6 heteroatoms. The number of rotatable bonds is 5. The maximum atomic E-state index is 11.7. The second kappa shape index (κ2) is 6.15. The molecule has 1 aromatic heterocycles. The van der Waals surface area contributed by atoms with Crippen LogP contribution < -0.4 is 10.2 Å². The summed E-state index contributed by atoms with van der Waals surface area (Å²) in [6, 6.07) is 0. The monoisotopic (exact) mass is 269 g/mol. The Morgan fingerprint density at radius 3 is 3.11 bits per heavy atom. The van der Waals surface area contributed by atoms with Gasteiger partial charge < -0.3 is 15.0 Å². The van der Waals surface area contributed by atoms with Gasteiger partial charge in [-0.3, -0.25) is 4.79 Å². The number of nitrogens with zero attached hydrogens (tertiary/aromatic N) is 2. The topological polar surface area (TPSA) is 54.5 Å². The number of aromatic nitrogens is 1. The smallest absolute Gasteiger partial charge is 0.220 e. The molecule has 0 aromatic carbocycles. The predicted octanol–water partition coefficient (Wildman–Crippen LogP) is 1.25. The van der Waals surface area contributed by atoms with Crippen LogP contribution in [0.2, 0.25) is 0 Å². The van der Waals surface area contributed by atoms with Gasteiger partial charge in [0.05, 0.1) is 12.2 Å². The Kier molecular flexibility index (Phi) is 4.54. The highest BCUT2D eigenvalue weighted by atomic mass is 32.1. The summed E-state index contributed by atoms with van der Waals surface area (Å²) in [6.45, 7) is 2.02. The minimum Gasteiger partial charge on any atom is -0.381 e. The molecule has 1 unspecified atom stereocenters. The third-order valence-corrected chi connectivity index (χ3v) is 3.94. The number of carbonyl (C=O) groups excluding carboxylic acids is 1. The highest BCUT2D eigenvalue weighted by Crippen LogP contribution is 2.18. The fraction of sp³-hybridized carbons (Fsp3) is 0.667. The standard InChI is InChI=1S/C12H19N3O2S/c1-15(2)12-14-10(8-18-12)6-13-11(16)5-9-3-4-17-7-9/h8-9H,3-7H2,1-2H3,(H,13,16). The molecule has 1 aliphatic heterocycles. The molecular weight excluding hydrogens is 250 g/mol. The average molecular weight is 269 g/mol. The van der Waals surface area contributed by atoms with Gasteiger partial charge in [-0.25, -0.2) is 4.98 Å². The molecule has 1 N–H and O–H groups in total. The molecule has 1 fully saturated rings. The van der Waals surface area contributed by atoms with Crippen molar-refractivity contribution in [1.82, 2.24) is 10.3 Å². The maximum absolute atomic E-state index is 11.7. The zero-order valence-corrected chi connectivity index (χ0v) is 11.6. The van der Waals surface area contributed by atoms with E-state index in [2.05, 4.69) is 10.3 Å². The van der Waals surface area contributed by atoms with E-state index < -0.39 is 0 Å².